The van der Waals surface area contributed by atoms with Gasteiger partial charge in [0.1, 0.15) is 5.75 Å². The number of aromatic hydroxyl groups is 1. The van der Waals surface area contributed by atoms with Crippen molar-refractivity contribution in [2.45, 2.75) is 6.42 Å². The number of phenols is 1. The molecule has 1 aromatic carbocycles. The Kier molecular flexibility index (Phi) is 3.53. The van der Waals surface area contributed by atoms with Gasteiger partial charge in [-0.1, -0.05) is 0 Å². The lowest BCUT2D eigenvalue weighted by molar-refractivity contribution is -0.139. The molecule has 0 atom stereocenters. The lowest BCUT2D eigenvalue weighted by Crippen LogP contribution is -2.04. The molecule has 0 saturated carbocycles. The summed E-state index contributed by atoms with van der Waals surface area (Å²) < 4.78 is 5.48. The first-order valence-corrected chi connectivity index (χ1v) is 4.75. The molecule has 1 N–H and O–H groups in total. The van der Waals surface area contributed by atoms with Gasteiger partial charge >= 0.3 is 5.97 Å². The van der Waals surface area contributed by atoms with Crippen LogP contribution in [0.5, 0.6) is 5.75 Å². The molecule has 70 valence electrons. The molecule has 0 fully saturated rings. The van der Waals surface area contributed by atoms with Crippen LogP contribution in [-0.4, -0.2) is 18.2 Å². The van der Waals surface area contributed by atoms with Crippen molar-refractivity contribution in [3.05, 3.63) is 27.3 Å². The maximum atomic E-state index is 10.9. The van der Waals surface area contributed by atoms with E-state index in [9.17, 15) is 9.90 Å². The molecule has 0 bridgehead atoms. The number of hydrogen-bond acceptors (Lipinski definition) is 3. The van der Waals surface area contributed by atoms with Crippen molar-refractivity contribution in [2.75, 3.05) is 7.11 Å². The first-order valence-electron chi connectivity index (χ1n) is 3.67. The van der Waals surface area contributed by atoms with Crippen LogP contribution >= 0.6 is 22.6 Å². The Bertz CT molecular complexity index is 323. The highest BCUT2D eigenvalue weighted by Gasteiger charge is 2.07. The fraction of sp³-hybridized carbons (Fsp3) is 0.222. The van der Waals surface area contributed by atoms with Crippen LogP contribution in [0.4, 0.5) is 0 Å². The van der Waals surface area contributed by atoms with Crippen molar-refractivity contribution >= 4 is 28.6 Å². The summed E-state index contributed by atoms with van der Waals surface area (Å²) >= 11 is 2.12. The summed E-state index contributed by atoms with van der Waals surface area (Å²) in [5, 5.41) is 9.37. The SMILES string of the molecule is COC(=O)Cc1cc(I)ccc1O. The molecule has 0 heterocycles. The van der Waals surface area contributed by atoms with E-state index in [-0.39, 0.29) is 18.1 Å². The van der Waals surface area contributed by atoms with Gasteiger partial charge in [0.15, 0.2) is 0 Å². The Morgan fingerprint density at radius 1 is 1.62 bits per heavy atom. The van der Waals surface area contributed by atoms with E-state index in [1.165, 1.54) is 7.11 Å². The van der Waals surface area contributed by atoms with Crippen molar-refractivity contribution in [1.82, 2.24) is 0 Å². The van der Waals surface area contributed by atoms with Crippen LogP contribution in [0.1, 0.15) is 5.56 Å². The fourth-order valence-electron chi connectivity index (χ4n) is 0.923. The summed E-state index contributed by atoms with van der Waals surface area (Å²) in [4.78, 5) is 10.9. The Balaban J connectivity index is 2.87. The molecule has 0 aliphatic heterocycles. The molecule has 0 saturated heterocycles. The van der Waals surface area contributed by atoms with Gasteiger partial charge in [0.25, 0.3) is 0 Å². The highest BCUT2D eigenvalue weighted by molar-refractivity contribution is 14.1. The van der Waals surface area contributed by atoms with Gasteiger partial charge in [-0.2, -0.15) is 0 Å². The molecule has 0 aliphatic rings. The fourth-order valence-corrected chi connectivity index (χ4v) is 1.48. The molecule has 13 heavy (non-hydrogen) atoms. The topological polar surface area (TPSA) is 46.5 Å². The number of methoxy groups -OCH3 is 1. The highest BCUT2D eigenvalue weighted by atomic mass is 127. The second-order valence-electron chi connectivity index (χ2n) is 2.53. The van der Waals surface area contributed by atoms with Crippen molar-refractivity contribution in [3.8, 4) is 5.75 Å². The number of rotatable bonds is 2. The smallest absolute Gasteiger partial charge is 0.310 e. The summed E-state index contributed by atoms with van der Waals surface area (Å²) in [5.41, 5.74) is 0.596. The predicted octanol–water partition coefficient (Wildman–Crippen LogP) is 1.71. The lowest BCUT2D eigenvalue weighted by Gasteiger charge is -2.03. The van der Waals surface area contributed by atoms with Crippen molar-refractivity contribution in [1.29, 1.82) is 0 Å². The van der Waals surface area contributed by atoms with Crippen LogP contribution in [0.25, 0.3) is 0 Å². The van der Waals surface area contributed by atoms with Gasteiger partial charge in [0, 0.05) is 9.13 Å². The zero-order chi connectivity index (χ0) is 9.84. The molecule has 3 nitrogen and oxygen atoms in total. The van der Waals surface area contributed by atoms with E-state index in [0.29, 0.717) is 5.56 Å². The van der Waals surface area contributed by atoms with E-state index in [0.717, 1.165) is 3.57 Å². The highest BCUT2D eigenvalue weighted by Crippen LogP contribution is 2.20. The third-order valence-electron chi connectivity index (χ3n) is 1.60. The van der Waals surface area contributed by atoms with E-state index in [1.54, 1.807) is 18.2 Å². The van der Waals surface area contributed by atoms with Crippen LogP contribution in [0.3, 0.4) is 0 Å². The van der Waals surface area contributed by atoms with Crippen LogP contribution in [0, 0.1) is 3.57 Å². The summed E-state index contributed by atoms with van der Waals surface area (Å²) in [6.45, 7) is 0. The molecule has 0 spiro atoms. The Morgan fingerprint density at radius 2 is 2.31 bits per heavy atom. The largest absolute Gasteiger partial charge is 0.508 e. The summed E-state index contributed by atoms with van der Waals surface area (Å²) in [6, 6.07) is 5.10. The second kappa shape index (κ2) is 4.45. The van der Waals surface area contributed by atoms with Gasteiger partial charge in [-0.05, 0) is 40.8 Å². The number of phenolic OH excluding ortho intramolecular Hbond substituents is 1. The standard InChI is InChI=1S/C9H9IO3/c1-13-9(12)5-6-4-7(10)2-3-8(6)11/h2-4,11H,5H2,1H3. The Labute approximate surface area is 89.9 Å². The minimum Gasteiger partial charge on any atom is -0.508 e. The van der Waals surface area contributed by atoms with Crippen LogP contribution in [0.15, 0.2) is 18.2 Å². The average Bonchev–Trinajstić information content (AvgIpc) is 2.11. The summed E-state index contributed by atoms with van der Waals surface area (Å²) in [5.74, 6) is -0.219. The normalized spacial score (nSPS) is 9.69. The second-order valence-corrected chi connectivity index (χ2v) is 3.77. The molecule has 0 aliphatic carbocycles. The van der Waals surface area contributed by atoms with Crippen molar-refractivity contribution < 1.29 is 14.6 Å². The molecule has 0 radical (unpaired) electrons. The molecular weight excluding hydrogens is 283 g/mol. The molecule has 0 aromatic heterocycles. The van der Waals surface area contributed by atoms with E-state index in [4.69, 9.17) is 0 Å². The van der Waals surface area contributed by atoms with Gasteiger partial charge in [0.2, 0.25) is 0 Å². The van der Waals surface area contributed by atoms with E-state index < -0.39 is 0 Å². The number of hydrogen-bond donors (Lipinski definition) is 1. The van der Waals surface area contributed by atoms with Crippen LogP contribution < -0.4 is 0 Å². The number of esters is 1. The monoisotopic (exact) mass is 292 g/mol. The van der Waals surface area contributed by atoms with Gasteiger partial charge in [-0.3, -0.25) is 4.79 Å². The van der Waals surface area contributed by atoms with Gasteiger partial charge in [-0.15, -0.1) is 0 Å². The minimum absolute atomic E-state index is 0.110. The van der Waals surface area contributed by atoms with E-state index in [1.807, 2.05) is 0 Å². The number of halogens is 1. The quantitative estimate of drug-likeness (QED) is 0.667. The number of carbonyl (C=O) groups is 1. The number of ether oxygens (including phenoxy) is 1. The van der Waals surface area contributed by atoms with Gasteiger partial charge < -0.3 is 9.84 Å². The Hall–Kier alpha value is -0.780. The minimum atomic E-state index is -0.350. The lowest BCUT2D eigenvalue weighted by atomic mass is 10.1. The molecule has 1 aromatic rings. The molecule has 0 unspecified atom stereocenters. The first kappa shape index (κ1) is 10.3. The van der Waals surface area contributed by atoms with E-state index >= 15 is 0 Å². The summed E-state index contributed by atoms with van der Waals surface area (Å²) in [6.07, 6.45) is 0.110. The third-order valence-corrected chi connectivity index (χ3v) is 2.27. The average molecular weight is 292 g/mol. The summed E-state index contributed by atoms with van der Waals surface area (Å²) in [7, 11) is 1.33. The maximum Gasteiger partial charge on any atom is 0.310 e. The number of carbonyl (C=O) groups excluding carboxylic acids is 1. The van der Waals surface area contributed by atoms with Crippen molar-refractivity contribution in [2.24, 2.45) is 0 Å². The molecule has 0 amide bonds. The molecule has 1 rings (SSSR count). The predicted molar refractivity (Wildman–Crippen MR) is 56.5 cm³/mol. The van der Waals surface area contributed by atoms with Crippen LogP contribution in [-0.2, 0) is 16.0 Å². The third kappa shape index (κ3) is 2.87. The molecule has 4 heteroatoms. The zero-order valence-corrected chi connectivity index (χ0v) is 9.24. The number of benzene rings is 1. The van der Waals surface area contributed by atoms with Crippen LogP contribution in [0.2, 0.25) is 0 Å². The Morgan fingerprint density at radius 3 is 2.92 bits per heavy atom. The zero-order valence-electron chi connectivity index (χ0n) is 7.08. The van der Waals surface area contributed by atoms with Gasteiger partial charge in [0.05, 0.1) is 13.5 Å². The first-order chi connectivity index (χ1) is 6.13. The van der Waals surface area contributed by atoms with Crippen molar-refractivity contribution in [3.63, 3.8) is 0 Å². The molecular formula is C9H9IO3. The van der Waals surface area contributed by atoms with E-state index in [2.05, 4.69) is 27.3 Å². The maximum absolute atomic E-state index is 10.9. The van der Waals surface area contributed by atoms with Gasteiger partial charge in [-0.25, -0.2) is 0 Å².